The summed E-state index contributed by atoms with van der Waals surface area (Å²) in [6.07, 6.45) is 9.53. The average Bonchev–Trinajstić information content (AvgIpc) is 1.88. The molecule has 0 aromatic heterocycles. The molecule has 1 heteroatoms. The lowest BCUT2D eigenvalue weighted by Gasteiger charge is -2.12. The molecule has 0 bridgehead atoms. The minimum absolute atomic E-state index is 0.280. The molecule has 1 nitrogen and oxygen atoms in total. The number of rotatable bonds is 2. The van der Waals surface area contributed by atoms with Crippen molar-refractivity contribution in [3.8, 4) is 0 Å². The Bertz CT molecular complexity index is 154. The Labute approximate surface area is 62.4 Å². The van der Waals surface area contributed by atoms with Gasteiger partial charge in [-0.3, -0.25) is 0 Å². The third-order valence-electron chi connectivity index (χ3n) is 1.21. The fraction of sp³-hybridized carbons (Fsp3) is 0.444. The fourth-order valence-electron chi connectivity index (χ4n) is 0.853. The van der Waals surface area contributed by atoms with Gasteiger partial charge in [-0.2, -0.15) is 0 Å². The Kier molecular flexibility index (Phi) is 2.55. The average molecular weight is 137 g/mol. The first kappa shape index (κ1) is 7.39. The standard InChI is InChI=1S/C9H13O/c1-8(2)10-9-6-4-3-5-7-9/h4-8H,3H2,1-2H3. The van der Waals surface area contributed by atoms with Gasteiger partial charge in [0.1, 0.15) is 5.76 Å². The summed E-state index contributed by atoms with van der Waals surface area (Å²) in [5, 5.41) is 0. The maximum absolute atomic E-state index is 5.43. The Morgan fingerprint density at radius 1 is 1.50 bits per heavy atom. The molecule has 0 spiro atoms. The van der Waals surface area contributed by atoms with Gasteiger partial charge in [0, 0.05) is 0 Å². The molecule has 0 heterocycles. The van der Waals surface area contributed by atoms with E-state index in [-0.39, 0.29) is 6.10 Å². The lowest BCUT2D eigenvalue weighted by molar-refractivity contribution is 0.157. The Morgan fingerprint density at radius 3 is 2.80 bits per heavy atom. The zero-order valence-corrected chi connectivity index (χ0v) is 6.50. The van der Waals surface area contributed by atoms with Crippen LogP contribution in [0.15, 0.2) is 24.0 Å². The third kappa shape index (κ3) is 2.26. The monoisotopic (exact) mass is 137 g/mol. The van der Waals surface area contributed by atoms with E-state index in [2.05, 4.69) is 12.5 Å². The predicted molar refractivity (Wildman–Crippen MR) is 42.4 cm³/mol. The Balaban J connectivity index is 2.40. The molecule has 0 amide bonds. The van der Waals surface area contributed by atoms with Gasteiger partial charge < -0.3 is 4.74 Å². The highest BCUT2D eigenvalue weighted by Crippen LogP contribution is 2.11. The van der Waals surface area contributed by atoms with Crippen molar-refractivity contribution in [3.63, 3.8) is 0 Å². The van der Waals surface area contributed by atoms with Crippen LogP contribution < -0.4 is 0 Å². The van der Waals surface area contributed by atoms with Crippen molar-refractivity contribution in [1.82, 2.24) is 0 Å². The van der Waals surface area contributed by atoms with Crippen molar-refractivity contribution >= 4 is 0 Å². The van der Waals surface area contributed by atoms with E-state index in [1.54, 1.807) is 0 Å². The molecule has 0 aromatic carbocycles. The Hall–Kier alpha value is -0.720. The van der Waals surface area contributed by atoms with Gasteiger partial charge in [0.25, 0.3) is 0 Å². The maximum atomic E-state index is 5.43. The largest absolute Gasteiger partial charge is 0.491 e. The van der Waals surface area contributed by atoms with Crippen LogP contribution in [-0.2, 0) is 4.74 Å². The first-order valence-electron chi connectivity index (χ1n) is 3.66. The van der Waals surface area contributed by atoms with Gasteiger partial charge in [-0.25, -0.2) is 0 Å². The fourth-order valence-corrected chi connectivity index (χ4v) is 0.853. The second kappa shape index (κ2) is 3.45. The van der Waals surface area contributed by atoms with E-state index in [0.29, 0.717) is 0 Å². The summed E-state index contributed by atoms with van der Waals surface area (Å²) in [5.41, 5.74) is 0. The molecule has 0 atom stereocenters. The second-order valence-corrected chi connectivity index (χ2v) is 2.61. The molecule has 0 saturated heterocycles. The lowest BCUT2D eigenvalue weighted by Crippen LogP contribution is -2.01. The van der Waals surface area contributed by atoms with Crippen LogP contribution in [0.4, 0.5) is 0 Å². The van der Waals surface area contributed by atoms with Crippen LogP contribution in [0.3, 0.4) is 0 Å². The zero-order valence-electron chi connectivity index (χ0n) is 6.50. The molecule has 0 fully saturated rings. The molecule has 1 aliphatic carbocycles. The molecule has 0 unspecified atom stereocenters. The van der Waals surface area contributed by atoms with Crippen molar-refractivity contribution in [1.29, 1.82) is 0 Å². The van der Waals surface area contributed by atoms with Crippen LogP contribution in [0, 0.1) is 6.42 Å². The van der Waals surface area contributed by atoms with Crippen LogP contribution in [0.2, 0.25) is 0 Å². The van der Waals surface area contributed by atoms with E-state index >= 15 is 0 Å². The summed E-state index contributed by atoms with van der Waals surface area (Å²) in [4.78, 5) is 0. The molecule has 0 N–H and O–H groups in total. The maximum Gasteiger partial charge on any atom is 0.115 e. The van der Waals surface area contributed by atoms with Crippen LogP contribution >= 0.6 is 0 Å². The van der Waals surface area contributed by atoms with Gasteiger partial charge in [-0.05, 0) is 38.8 Å². The van der Waals surface area contributed by atoms with Gasteiger partial charge in [0.2, 0.25) is 0 Å². The first-order chi connectivity index (χ1) is 4.79. The smallest absolute Gasteiger partial charge is 0.115 e. The summed E-state index contributed by atoms with van der Waals surface area (Å²) in [6, 6.07) is 0. The van der Waals surface area contributed by atoms with E-state index in [4.69, 9.17) is 4.74 Å². The molecule has 10 heavy (non-hydrogen) atoms. The van der Waals surface area contributed by atoms with E-state index in [1.165, 1.54) is 0 Å². The van der Waals surface area contributed by atoms with Crippen LogP contribution in [0.5, 0.6) is 0 Å². The molecule has 1 rings (SSSR count). The summed E-state index contributed by atoms with van der Waals surface area (Å²) >= 11 is 0. The van der Waals surface area contributed by atoms with Crippen LogP contribution in [0.1, 0.15) is 20.3 Å². The third-order valence-corrected chi connectivity index (χ3v) is 1.21. The summed E-state index contributed by atoms with van der Waals surface area (Å²) in [7, 11) is 0. The number of hydrogen-bond acceptors (Lipinski definition) is 1. The minimum atomic E-state index is 0.280. The van der Waals surface area contributed by atoms with Crippen LogP contribution in [0.25, 0.3) is 0 Å². The van der Waals surface area contributed by atoms with Crippen molar-refractivity contribution in [2.24, 2.45) is 0 Å². The number of allylic oxidation sites excluding steroid dienone is 3. The van der Waals surface area contributed by atoms with Crippen molar-refractivity contribution in [3.05, 3.63) is 30.4 Å². The minimum Gasteiger partial charge on any atom is -0.491 e. The van der Waals surface area contributed by atoms with Gasteiger partial charge in [-0.1, -0.05) is 6.08 Å². The Morgan fingerprint density at radius 2 is 2.30 bits per heavy atom. The highest BCUT2D eigenvalue weighted by molar-refractivity contribution is 5.21. The zero-order chi connectivity index (χ0) is 7.40. The molecule has 55 valence electrons. The first-order valence-corrected chi connectivity index (χ1v) is 3.66. The SMILES string of the molecule is CC(C)OC1=C[CH]CC=C1. The summed E-state index contributed by atoms with van der Waals surface area (Å²) in [6.45, 7) is 4.06. The van der Waals surface area contributed by atoms with E-state index in [9.17, 15) is 0 Å². The molecule has 0 aliphatic heterocycles. The predicted octanol–water partition coefficient (Wildman–Crippen LogP) is 2.46. The summed E-state index contributed by atoms with van der Waals surface area (Å²) < 4.78 is 5.43. The normalized spacial score (nSPS) is 17.3. The van der Waals surface area contributed by atoms with Crippen LogP contribution in [-0.4, -0.2) is 6.10 Å². The van der Waals surface area contributed by atoms with Crippen molar-refractivity contribution < 1.29 is 4.74 Å². The molecular weight excluding hydrogens is 124 g/mol. The lowest BCUT2D eigenvalue weighted by atomic mass is 10.2. The molecular formula is C9H13O. The molecule has 1 radical (unpaired) electrons. The number of hydrogen-bond donors (Lipinski definition) is 0. The van der Waals surface area contributed by atoms with E-state index in [1.807, 2.05) is 26.0 Å². The quantitative estimate of drug-likeness (QED) is 0.568. The van der Waals surface area contributed by atoms with Gasteiger partial charge in [0.15, 0.2) is 0 Å². The molecule has 1 aliphatic rings. The van der Waals surface area contributed by atoms with E-state index in [0.717, 1.165) is 12.2 Å². The molecule has 0 saturated carbocycles. The number of ether oxygens (including phenoxy) is 1. The topological polar surface area (TPSA) is 9.23 Å². The van der Waals surface area contributed by atoms with Gasteiger partial charge in [-0.15, -0.1) is 0 Å². The second-order valence-electron chi connectivity index (χ2n) is 2.61. The highest BCUT2D eigenvalue weighted by atomic mass is 16.5. The summed E-state index contributed by atoms with van der Waals surface area (Å²) in [5.74, 6) is 0.973. The van der Waals surface area contributed by atoms with Crippen molar-refractivity contribution in [2.75, 3.05) is 0 Å². The van der Waals surface area contributed by atoms with Gasteiger partial charge >= 0.3 is 0 Å². The van der Waals surface area contributed by atoms with E-state index < -0.39 is 0 Å². The van der Waals surface area contributed by atoms with Crippen molar-refractivity contribution in [2.45, 2.75) is 26.4 Å². The molecule has 0 aromatic rings. The highest BCUT2D eigenvalue weighted by Gasteiger charge is 1.99. The van der Waals surface area contributed by atoms with Gasteiger partial charge in [0.05, 0.1) is 6.10 Å².